The summed E-state index contributed by atoms with van der Waals surface area (Å²) in [7, 11) is 1.53. The molecule has 1 aromatic carbocycles. The largest absolute Gasteiger partial charge is 0.488 e. The van der Waals surface area contributed by atoms with E-state index in [1.807, 2.05) is 0 Å². The first-order valence-corrected chi connectivity index (χ1v) is 11.6. The fraction of sp³-hybridized carbons (Fsp3) is 0.360. The smallest absolute Gasteiger partial charge is 0.408 e. The maximum Gasteiger partial charge on any atom is 0.408 e. The van der Waals surface area contributed by atoms with E-state index in [1.165, 1.54) is 46.9 Å². The van der Waals surface area contributed by atoms with Crippen LogP contribution in [-0.4, -0.2) is 69.3 Å². The molecule has 5 rings (SSSR count). The summed E-state index contributed by atoms with van der Waals surface area (Å²) in [5.74, 6) is -0.289. The molecule has 3 aromatic heterocycles. The zero-order chi connectivity index (χ0) is 26.3. The molecule has 4 heterocycles. The zero-order valence-corrected chi connectivity index (χ0v) is 20.1. The molecule has 0 radical (unpaired) electrons. The van der Waals surface area contributed by atoms with Gasteiger partial charge in [0.15, 0.2) is 23.0 Å². The van der Waals surface area contributed by atoms with Gasteiger partial charge in [-0.1, -0.05) is 12.1 Å². The number of alkyl halides is 3. The van der Waals surface area contributed by atoms with E-state index in [4.69, 9.17) is 14.9 Å². The summed E-state index contributed by atoms with van der Waals surface area (Å²) in [6.07, 6.45) is -3.10. The summed E-state index contributed by atoms with van der Waals surface area (Å²) in [6, 6.07) is 7.04. The Hall–Kier alpha value is -3.64. The van der Waals surface area contributed by atoms with Crippen molar-refractivity contribution in [2.45, 2.75) is 31.7 Å². The van der Waals surface area contributed by atoms with Gasteiger partial charge in [0.25, 0.3) is 0 Å². The summed E-state index contributed by atoms with van der Waals surface area (Å²) in [4.78, 5) is 5.82. The average molecular weight is 516 g/mol. The topological polar surface area (TPSA) is 88.6 Å². The average Bonchev–Trinajstić information content (AvgIpc) is 3.47. The normalized spacial score (nSPS) is 16.5. The van der Waals surface area contributed by atoms with Crippen LogP contribution in [0.25, 0.3) is 28.1 Å². The molecule has 8 nitrogen and oxygen atoms in total. The van der Waals surface area contributed by atoms with Crippen LogP contribution in [0.2, 0.25) is 0 Å². The molecular formula is C25H24F4N6O2. The van der Waals surface area contributed by atoms with Gasteiger partial charge in [-0.05, 0) is 37.1 Å². The van der Waals surface area contributed by atoms with Crippen molar-refractivity contribution in [2.24, 2.45) is 0 Å². The van der Waals surface area contributed by atoms with Gasteiger partial charge in [0, 0.05) is 43.6 Å². The van der Waals surface area contributed by atoms with Crippen molar-refractivity contribution in [1.82, 2.24) is 24.5 Å². The second kappa shape index (κ2) is 9.67. The Morgan fingerprint density at radius 3 is 2.65 bits per heavy atom. The summed E-state index contributed by atoms with van der Waals surface area (Å²) >= 11 is 0. The van der Waals surface area contributed by atoms with Crippen LogP contribution in [0.5, 0.6) is 5.75 Å². The first kappa shape index (κ1) is 25.0. The Bertz CT molecular complexity index is 1470. The molecular weight excluding hydrogens is 492 g/mol. The van der Waals surface area contributed by atoms with E-state index in [9.17, 15) is 17.6 Å². The van der Waals surface area contributed by atoms with Crippen LogP contribution in [0, 0.1) is 11.2 Å². The molecule has 1 aliphatic rings. The third-order valence-corrected chi connectivity index (χ3v) is 6.36. The lowest BCUT2D eigenvalue weighted by Gasteiger charge is -2.29. The SMILES string of the molecule is CO[C@@H](C)COc1cc2nc(-c3nnc4ccc([C@@H](N5CCC(=N)C5)C(F)(F)F)cn34)ccc2cc1F. The lowest BCUT2D eigenvalue weighted by atomic mass is 10.1. The van der Waals surface area contributed by atoms with Crippen LogP contribution in [0.15, 0.2) is 42.6 Å². The molecule has 12 heteroatoms. The highest BCUT2D eigenvalue weighted by molar-refractivity contribution is 5.85. The third-order valence-electron chi connectivity index (χ3n) is 6.36. The molecule has 194 valence electrons. The Morgan fingerprint density at radius 1 is 1.14 bits per heavy atom. The lowest BCUT2D eigenvalue weighted by Crippen LogP contribution is -2.37. The second-order valence-corrected chi connectivity index (χ2v) is 9.01. The van der Waals surface area contributed by atoms with Gasteiger partial charge in [0.2, 0.25) is 0 Å². The maximum absolute atomic E-state index is 14.5. The molecule has 0 spiro atoms. The van der Waals surface area contributed by atoms with Gasteiger partial charge >= 0.3 is 6.18 Å². The van der Waals surface area contributed by atoms with E-state index >= 15 is 0 Å². The van der Waals surface area contributed by atoms with E-state index in [0.29, 0.717) is 28.7 Å². The van der Waals surface area contributed by atoms with Crippen molar-refractivity contribution in [1.29, 1.82) is 5.41 Å². The zero-order valence-electron chi connectivity index (χ0n) is 20.1. The quantitative estimate of drug-likeness (QED) is 0.354. The molecule has 1 aliphatic heterocycles. The number of pyridine rings is 2. The van der Waals surface area contributed by atoms with Gasteiger partial charge in [-0.15, -0.1) is 10.2 Å². The monoisotopic (exact) mass is 516 g/mol. The number of aromatic nitrogens is 4. The number of halogens is 4. The Labute approximate surface area is 209 Å². The molecule has 0 bridgehead atoms. The number of ether oxygens (including phenoxy) is 2. The van der Waals surface area contributed by atoms with Gasteiger partial charge in [0.05, 0.1) is 11.6 Å². The Morgan fingerprint density at radius 2 is 1.95 bits per heavy atom. The highest BCUT2D eigenvalue weighted by Crippen LogP contribution is 2.39. The van der Waals surface area contributed by atoms with Crippen LogP contribution >= 0.6 is 0 Å². The molecule has 37 heavy (non-hydrogen) atoms. The Kier molecular flexibility index (Phi) is 6.54. The molecule has 1 fully saturated rings. The predicted molar refractivity (Wildman–Crippen MR) is 128 cm³/mol. The summed E-state index contributed by atoms with van der Waals surface area (Å²) in [5.41, 5.74) is 1.42. The van der Waals surface area contributed by atoms with Gasteiger partial charge in [-0.2, -0.15) is 13.2 Å². The van der Waals surface area contributed by atoms with Gasteiger partial charge in [0.1, 0.15) is 18.3 Å². The standard InChI is InChI=1S/C25H24F4N6O2/c1-14(36-2)13-37-21-10-20-15(9-18(21)26)3-5-19(31-20)24-33-32-22-6-4-16(11-35(22)24)23(25(27,28)29)34-8-7-17(30)12-34/h3-6,9-11,14,23,30H,7-8,12-13H2,1-2H3/t14-,23+/m0/s1. The van der Waals surface area contributed by atoms with Crippen molar-refractivity contribution >= 4 is 22.3 Å². The Balaban J connectivity index is 1.54. The maximum atomic E-state index is 14.5. The van der Waals surface area contributed by atoms with Crippen LogP contribution < -0.4 is 4.74 Å². The fourth-order valence-corrected chi connectivity index (χ4v) is 4.39. The van der Waals surface area contributed by atoms with Crippen molar-refractivity contribution < 1.29 is 27.0 Å². The molecule has 2 atom stereocenters. The van der Waals surface area contributed by atoms with E-state index in [0.717, 1.165) is 0 Å². The molecule has 4 aromatic rings. The van der Waals surface area contributed by atoms with Gasteiger partial charge in [-0.3, -0.25) is 9.30 Å². The highest BCUT2D eigenvalue weighted by Gasteiger charge is 2.46. The minimum atomic E-state index is -4.53. The number of nitrogens with one attached hydrogen (secondary N) is 1. The van der Waals surface area contributed by atoms with Gasteiger partial charge in [-0.25, -0.2) is 9.37 Å². The minimum Gasteiger partial charge on any atom is -0.488 e. The number of rotatable bonds is 7. The highest BCUT2D eigenvalue weighted by atomic mass is 19.4. The number of benzene rings is 1. The molecule has 0 unspecified atom stereocenters. The summed E-state index contributed by atoms with van der Waals surface area (Å²) in [5, 5.41) is 16.5. The van der Waals surface area contributed by atoms with Crippen molar-refractivity contribution in [3.63, 3.8) is 0 Å². The number of hydrogen-bond donors (Lipinski definition) is 1. The van der Waals surface area contributed by atoms with E-state index in [1.54, 1.807) is 19.1 Å². The van der Waals surface area contributed by atoms with E-state index in [2.05, 4.69) is 15.2 Å². The molecule has 0 saturated carbocycles. The number of likely N-dealkylation sites (tertiary alicyclic amines) is 1. The first-order chi connectivity index (χ1) is 17.6. The first-order valence-electron chi connectivity index (χ1n) is 11.6. The number of hydrogen-bond acceptors (Lipinski definition) is 7. The van der Waals surface area contributed by atoms with Crippen LogP contribution in [0.4, 0.5) is 17.6 Å². The van der Waals surface area contributed by atoms with Crippen molar-refractivity contribution in [3.8, 4) is 17.3 Å². The van der Waals surface area contributed by atoms with Crippen LogP contribution in [-0.2, 0) is 4.74 Å². The number of nitrogens with zero attached hydrogens (tertiary/aromatic N) is 5. The van der Waals surface area contributed by atoms with E-state index in [-0.39, 0.29) is 48.6 Å². The molecule has 0 amide bonds. The van der Waals surface area contributed by atoms with Crippen LogP contribution in [0.1, 0.15) is 24.9 Å². The second-order valence-electron chi connectivity index (χ2n) is 9.01. The van der Waals surface area contributed by atoms with Gasteiger partial charge < -0.3 is 14.9 Å². The third kappa shape index (κ3) is 4.98. The van der Waals surface area contributed by atoms with Crippen molar-refractivity contribution in [3.05, 3.63) is 54.0 Å². The molecule has 1 saturated heterocycles. The number of fused-ring (bicyclic) bond motifs is 2. The minimum absolute atomic E-state index is 0.0126. The van der Waals surface area contributed by atoms with Crippen LogP contribution in [0.3, 0.4) is 0 Å². The number of methoxy groups -OCH3 is 1. The summed E-state index contributed by atoms with van der Waals surface area (Å²) in [6.45, 7) is 2.06. The van der Waals surface area contributed by atoms with E-state index < -0.39 is 18.0 Å². The summed E-state index contributed by atoms with van der Waals surface area (Å²) < 4.78 is 68.9. The lowest BCUT2D eigenvalue weighted by molar-refractivity contribution is -0.183. The fourth-order valence-electron chi connectivity index (χ4n) is 4.39. The molecule has 0 aliphatic carbocycles. The van der Waals surface area contributed by atoms with Crippen molar-refractivity contribution in [2.75, 3.05) is 26.8 Å². The molecule has 1 N–H and O–H groups in total. The predicted octanol–water partition coefficient (Wildman–Crippen LogP) is 4.83.